The summed E-state index contributed by atoms with van der Waals surface area (Å²) in [5.41, 5.74) is 1.08. The molecule has 0 unspecified atom stereocenters. The molecule has 0 aliphatic heterocycles. The van der Waals surface area contributed by atoms with E-state index in [1.165, 1.54) is 11.3 Å². The van der Waals surface area contributed by atoms with Crippen LogP contribution in [0.25, 0.3) is 0 Å². The highest BCUT2D eigenvalue weighted by Crippen LogP contribution is 2.18. The highest BCUT2D eigenvalue weighted by atomic mass is 32.1. The van der Waals surface area contributed by atoms with E-state index in [0.29, 0.717) is 0 Å². The normalized spacial score (nSPS) is 9.08. The maximum absolute atomic E-state index is 10.5. The molecule has 0 atom stereocenters. The molecular weight excluding hydrogens is 200 g/mol. The second kappa shape index (κ2) is 5.11. The smallest absolute Gasteiger partial charge is 0.160 e. The molecule has 1 heterocycles. The average Bonchev–Trinajstić information content (AvgIpc) is 2.48. The number of rotatable bonds is 2. The molecule has 0 aliphatic rings. The summed E-state index contributed by atoms with van der Waals surface area (Å²) in [6, 6.07) is 1.86. The van der Waals surface area contributed by atoms with Crippen molar-refractivity contribution in [3.05, 3.63) is 21.4 Å². The predicted molar refractivity (Wildman–Crippen MR) is 59.8 cm³/mol. The van der Waals surface area contributed by atoms with Gasteiger partial charge in [0.1, 0.15) is 0 Å². The molecule has 1 aromatic heterocycles. The Hall–Kier alpha value is -0.720. The summed E-state index contributed by atoms with van der Waals surface area (Å²) in [5.74, 6) is 6.80. The minimum absolute atomic E-state index is 0.743. The second-order valence-corrected chi connectivity index (χ2v) is 4.09. The van der Waals surface area contributed by atoms with Gasteiger partial charge in [0.25, 0.3) is 0 Å². The van der Waals surface area contributed by atoms with Crippen LogP contribution >= 0.6 is 24.0 Å². The van der Waals surface area contributed by atoms with Gasteiger partial charge in [0.2, 0.25) is 0 Å². The molecule has 0 radical (unpaired) electrons. The van der Waals surface area contributed by atoms with E-state index in [9.17, 15) is 4.79 Å². The van der Waals surface area contributed by atoms with Gasteiger partial charge in [0, 0.05) is 12.2 Å². The Morgan fingerprint density at radius 1 is 1.69 bits per heavy atom. The molecule has 0 N–H and O–H groups in total. The zero-order valence-electron chi connectivity index (χ0n) is 7.33. The highest BCUT2D eigenvalue weighted by molar-refractivity contribution is 7.80. The van der Waals surface area contributed by atoms with Crippen molar-refractivity contribution in [3.8, 4) is 11.8 Å². The predicted octanol–water partition coefficient (Wildman–Crippen LogP) is 2.54. The average molecular weight is 210 g/mol. The number of aldehydes is 1. The zero-order chi connectivity index (χ0) is 9.68. The monoisotopic (exact) mass is 210 g/mol. The van der Waals surface area contributed by atoms with Crippen LogP contribution in [0.4, 0.5) is 0 Å². The van der Waals surface area contributed by atoms with Gasteiger partial charge in [-0.25, -0.2) is 0 Å². The van der Waals surface area contributed by atoms with E-state index in [1.807, 2.05) is 13.0 Å². The molecule has 0 saturated carbocycles. The van der Waals surface area contributed by atoms with Gasteiger partial charge in [-0.15, -0.1) is 11.3 Å². The fourth-order valence-corrected chi connectivity index (χ4v) is 1.86. The number of carbonyl (C=O) groups is 1. The summed E-state index contributed by atoms with van der Waals surface area (Å²) in [5, 5.41) is 0. The van der Waals surface area contributed by atoms with E-state index >= 15 is 0 Å². The molecule has 0 aromatic carbocycles. The molecule has 1 rings (SSSR count). The molecule has 3 heteroatoms. The Morgan fingerprint density at radius 3 is 3.00 bits per heavy atom. The Labute approximate surface area is 87.6 Å². The molecule has 1 nitrogen and oxygen atoms in total. The van der Waals surface area contributed by atoms with Gasteiger partial charge in [-0.3, -0.25) is 4.79 Å². The first-order chi connectivity index (χ1) is 6.27. The van der Waals surface area contributed by atoms with E-state index in [1.54, 1.807) is 0 Å². The summed E-state index contributed by atoms with van der Waals surface area (Å²) in [4.78, 5) is 12.2. The van der Waals surface area contributed by atoms with E-state index < -0.39 is 0 Å². The van der Waals surface area contributed by atoms with Gasteiger partial charge in [0.05, 0.1) is 9.75 Å². The molecule has 0 aliphatic carbocycles. The fraction of sp³-hybridized carbons (Fsp3) is 0.300. The lowest BCUT2D eigenvalue weighted by Gasteiger charge is -1.83. The van der Waals surface area contributed by atoms with Crippen molar-refractivity contribution in [2.45, 2.75) is 13.3 Å². The SMILES string of the molecule is Cc1cc(C=O)sc1C#CCCS. The quantitative estimate of drug-likeness (QED) is 0.451. The summed E-state index contributed by atoms with van der Waals surface area (Å²) < 4.78 is 0. The third-order valence-corrected chi connectivity index (χ3v) is 2.79. The Kier molecular flexibility index (Phi) is 4.07. The van der Waals surface area contributed by atoms with Gasteiger partial charge in [-0.2, -0.15) is 12.6 Å². The number of thiophene rings is 1. The summed E-state index contributed by atoms with van der Waals surface area (Å²) >= 11 is 5.50. The van der Waals surface area contributed by atoms with E-state index in [2.05, 4.69) is 24.5 Å². The van der Waals surface area contributed by atoms with Crippen molar-refractivity contribution in [1.82, 2.24) is 0 Å². The van der Waals surface area contributed by atoms with Crippen LogP contribution in [0.3, 0.4) is 0 Å². The summed E-state index contributed by atoms with van der Waals surface area (Å²) in [6.07, 6.45) is 1.65. The van der Waals surface area contributed by atoms with Gasteiger partial charge in [0.15, 0.2) is 6.29 Å². The van der Waals surface area contributed by atoms with Crippen LogP contribution in [0, 0.1) is 18.8 Å². The van der Waals surface area contributed by atoms with Crippen molar-refractivity contribution in [1.29, 1.82) is 0 Å². The third-order valence-electron chi connectivity index (χ3n) is 1.49. The lowest BCUT2D eigenvalue weighted by molar-refractivity contribution is 0.112. The molecule has 0 bridgehead atoms. The molecule has 13 heavy (non-hydrogen) atoms. The molecule has 0 saturated heterocycles. The first kappa shape index (κ1) is 10.4. The molecule has 0 fully saturated rings. The van der Waals surface area contributed by atoms with Crippen LogP contribution in [-0.2, 0) is 0 Å². The maximum atomic E-state index is 10.5. The van der Waals surface area contributed by atoms with Crippen LogP contribution in [-0.4, -0.2) is 12.0 Å². The fourth-order valence-electron chi connectivity index (χ4n) is 0.888. The highest BCUT2D eigenvalue weighted by Gasteiger charge is 2.00. The number of thiol groups is 1. The minimum Gasteiger partial charge on any atom is -0.297 e. The van der Waals surface area contributed by atoms with E-state index in [4.69, 9.17) is 0 Å². The number of hydrogen-bond donors (Lipinski definition) is 1. The van der Waals surface area contributed by atoms with Gasteiger partial charge in [-0.05, 0) is 18.6 Å². The van der Waals surface area contributed by atoms with Crippen molar-refractivity contribution >= 4 is 30.3 Å². The summed E-state index contributed by atoms with van der Waals surface area (Å²) in [6.45, 7) is 1.97. The molecule has 0 spiro atoms. The molecular formula is C10H10OS2. The lowest BCUT2D eigenvalue weighted by atomic mass is 10.2. The summed E-state index contributed by atoms with van der Waals surface area (Å²) in [7, 11) is 0. The number of aryl methyl sites for hydroxylation is 1. The molecule has 68 valence electrons. The van der Waals surface area contributed by atoms with Gasteiger partial charge >= 0.3 is 0 Å². The topological polar surface area (TPSA) is 17.1 Å². The largest absolute Gasteiger partial charge is 0.297 e. The van der Waals surface area contributed by atoms with Crippen molar-refractivity contribution in [2.75, 3.05) is 5.75 Å². The zero-order valence-corrected chi connectivity index (χ0v) is 9.04. The molecule has 0 amide bonds. The number of carbonyl (C=O) groups excluding carboxylic acids is 1. The van der Waals surface area contributed by atoms with Crippen molar-refractivity contribution in [2.24, 2.45) is 0 Å². The van der Waals surface area contributed by atoms with Crippen LogP contribution < -0.4 is 0 Å². The first-order valence-electron chi connectivity index (χ1n) is 3.93. The second-order valence-electron chi connectivity index (χ2n) is 2.55. The Morgan fingerprint density at radius 2 is 2.46 bits per heavy atom. The minimum atomic E-state index is 0.743. The Balaban J connectivity index is 2.84. The van der Waals surface area contributed by atoms with Gasteiger partial charge < -0.3 is 0 Å². The first-order valence-corrected chi connectivity index (χ1v) is 5.38. The third kappa shape index (κ3) is 2.91. The van der Waals surface area contributed by atoms with Crippen LogP contribution in [0.5, 0.6) is 0 Å². The van der Waals surface area contributed by atoms with Crippen molar-refractivity contribution < 1.29 is 4.79 Å². The van der Waals surface area contributed by atoms with Crippen LogP contribution in [0.2, 0.25) is 0 Å². The maximum Gasteiger partial charge on any atom is 0.160 e. The Bertz CT molecular complexity index is 355. The van der Waals surface area contributed by atoms with E-state index in [-0.39, 0.29) is 0 Å². The lowest BCUT2D eigenvalue weighted by Crippen LogP contribution is -1.71. The van der Waals surface area contributed by atoms with Gasteiger partial charge in [-0.1, -0.05) is 11.8 Å². The van der Waals surface area contributed by atoms with E-state index in [0.717, 1.165) is 33.8 Å². The number of hydrogen-bond acceptors (Lipinski definition) is 3. The molecule has 1 aromatic rings. The van der Waals surface area contributed by atoms with Crippen LogP contribution in [0.15, 0.2) is 6.07 Å². The van der Waals surface area contributed by atoms with Crippen molar-refractivity contribution in [3.63, 3.8) is 0 Å². The standard InChI is InChI=1S/C10H10OS2/c1-8-6-9(7-11)13-10(8)4-2-3-5-12/h6-7,12H,3,5H2,1H3. The van der Waals surface area contributed by atoms with Crippen LogP contribution in [0.1, 0.15) is 26.5 Å².